The van der Waals surface area contributed by atoms with Crippen LogP contribution in [0.15, 0.2) is 60.8 Å². The van der Waals surface area contributed by atoms with Crippen molar-refractivity contribution in [3.63, 3.8) is 0 Å². The highest BCUT2D eigenvalue weighted by Crippen LogP contribution is 2.22. The van der Waals surface area contributed by atoms with Crippen LogP contribution < -0.4 is 10.6 Å². The molecule has 3 aromatic rings. The normalized spacial score (nSPS) is 11.8. The van der Waals surface area contributed by atoms with Crippen LogP contribution in [0.3, 0.4) is 0 Å². The van der Waals surface area contributed by atoms with Crippen molar-refractivity contribution in [1.29, 1.82) is 0 Å². The Kier molecular flexibility index (Phi) is 5.57. The fraction of sp³-hybridized carbons (Fsp3) is 0.250. The van der Waals surface area contributed by atoms with Gasteiger partial charge >= 0.3 is 0 Å². The molecule has 2 N–H and O–H groups in total. The molecule has 2 heterocycles. The molecule has 1 aromatic carbocycles. The van der Waals surface area contributed by atoms with Crippen LogP contribution >= 0.6 is 0 Å². The highest BCUT2D eigenvalue weighted by molar-refractivity contribution is 5.64. The van der Waals surface area contributed by atoms with Gasteiger partial charge in [-0.3, -0.25) is 4.98 Å². The molecule has 128 valence electrons. The van der Waals surface area contributed by atoms with E-state index in [-0.39, 0.29) is 0 Å². The first-order valence-electron chi connectivity index (χ1n) is 8.59. The minimum absolute atomic E-state index is 0.315. The zero-order valence-electron chi connectivity index (χ0n) is 14.6. The molecule has 1 atom stereocenters. The van der Waals surface area contributed by atoms with Gasteiger partial charge in [0.15, 0.2) is 0 Å². The van der Waals surface area contributed by atoms with Gasteiger partial charge in [0.05, 0.1) is 17.9 Å². The van der Waals surface area contributed by atoms with E-state index in [1.54, 1.807) is 6.20 Å². The summed E-state index contributed by atoms with van der Waals surface area (Å²) in [4.78, 5) is 13.6. The summed E-state index contributed by atoms with van der Waals surface area (Å²) >= 11 is 0. The van der Waals surface area contributed by atoms with Gasteiger partial charge in [-0.2, -0.15) is 4.98 Å². The number of hydrogen-bond acceptors (Lipinski definition) is 5. The van der Waals surface area contributed by atoms with E-state index in [9.17, 15) is 0 Å². The number of rotatable bonds is 7. The summed E-state index contributed by atoms with van der Waals surface area (Å²) in [6.07, 6.45) is 2.80. The number of nitrogens with one attached hydrogen (secondary N) is 2. The third-order valence-corrected chi connectivity index (χ3v) is 3.96. The predicted octanol–water partition coefficient (Wildman–Crippen LogP) is 4.36. The second-order valence-corrected chi connectivity index (χ2v) is 5.96. The average Bonchev–Trinajstić information content (AvgIpc) is 2.67. The second-order valence-electron chi connectivity index (χ2n) is 5.96. The Hall–Kier alpha value is -2.95. The van der Waals surface area contributed by atoms with Gasteiger partial charge in [-0.15, -0.1) is 0 Å². The lowest BCUT2D eigenvalue weighted by Gasteiger charge is -2.14. The number of pyridine rings is 1. The van der Waals surface area contributed by atoms with Crippen LogP contribution in [-0.4, -0.2) is 21.0 Å². The van der Waals surface area contributed by atoms with Crippen LogP contribution in [0.5, 0.6) is 0 Å². The summed E-state index contributed by atoms with van der Waals surface area (Å²) in [5.41, 5.74) is 2.93. The van der Waals surface area contributed by atoms with Crippen LogP contribution in [0, 0.1) is 0 Å². The summed E-state index contributed by atoms with van der Waals surface area (Å²) < 4.78 is 0. The first-order chi connectivity index (χ1) is 12.2. The number of benzene rings is 1. The molecule has 5 nitrogen and oxygen atoms in total. The van der Waals surface area contributed by atoms with Crippen LogP contribution in [0.1, 0.15) is 26.0 Å². The Bertz CT molecular complexity index is 790. The smallest absolute Gasteiger partial charge is 0.225 e. The Morgan fingerprint density at radius 3 is 2.52 bits per heavy atom. The van der Waals surface area contributed by atoms with E-state index in [0.29, 0.717) is 18.5 Å². The van der Waals surface area contributed by atoms with Crippen molar-refractivity contribution < 1.29 is 0 Å². The molecular formula is C20H23N5. The van der Waals surface area contributed by atoms with Gasteiger partial charge in [-0.05, 0) is 25.5 Å². The highest BCUT2D eigenvalue weighted by atomic mass is 15.2. The molecule has 0 aliphatic carbocycles. The molecule has 0 bridgehead atoms. The van der Waals surface area contributed by atoms with Crippen LogP contribution in [0.4, 0.5) is 11.8 Å². The minimum atomic E-state index is 0.315. The SMILES string of the molecule is CC[C@@H](C)Nc1nc(NCc2ccccn2)cc(-c2ccccc2)n1. The van der Waals surface area contributed by atoms with E-state index in [1.165, 1.54) is 0 Å². The molecule has 0 aliphatic heterocycles. The molecular weight excluding hydrogens is 310 g/mol. The molecule has 0 aliphatic rings. The lowest BCUT2D eigenvalue weighted by molar-refractivity contribution is 0.753. The summed E-state index contributed by atoms with van der Waals surface area (Å²) in [5.74, 6) is 1.42. The van der Waals surface area contributed by atoms with Crippen molar-refractivity contribution in [2.24, 2.45) is 0 Å². The second kappa shape index (κ2) is 8.24. The van der Waals surface area contributed by atoms with E-state index in [2.05, 4.69) is 51.6 Å². The fourth-order valence-electron chi connectivity index (χ4n) is 2.37. The lowest BCUT2D eigenvalue weighted by Crippen LogP contribution is -2.16. The number of nitrogens with zero attached hydrogens (tertiary/aromatic N) is 3. The predicted molar refractivity (Wildman–Crippen MR) is 102 cm³/mol. The summed E-state index contributed by atoms with van der Waals surface area (Å²) in [6, 6.07) is 18.3. The number of aromatic nitrogens is 3. The summed E-state index contributed by atoms with van der Waals surface area (Å²) in [6.45, 7) is 4.88. The first-order valence-corrected chi connectivity index (χ1v) is 8.59. The molecule has 0 amide bonds. The third-order valence-electron chi connectivity index (χ3n) is 3.96. The van der Waals surface area contributed by atoms with Crippen molar-refractivity contribution >= 4 is 11.8 Å². The molecule has 0 fully saturated rings. The van der Waals surface area contributed by atoms with Crippen molar-refractivity contribution in [2.75, 3.05) is 10.6 Å². The quantitative estimate of drug-likeness (QED) is 0.672. The van der Waals surface area contributed by atoms with E-state index < -0.39 is 0 Å². The third kappa shape index (κ3) is 4.76. The van der Waals surface area contributed by atoms with Crippen LogP contribution in [0.25, 0.3) is 11.3 Å². The maximum atomic E-state index is 4.67. The fourth-order valence-corrected chi connectivity index (χ4v) is 2.37. The lowest BCUT2D eigenvalue weighted by atomic mass is 10.1. The van der Waals surface area contributed by atoms with Gasteiger partial charge in [0.2, 0.25) is 5.95 Å². The van der Waals surface area contributed by atoms with E-state index in [0.717, 1.165) is 29.2 Å². The molecule has 3 rings (SSSR count). The van der Waals surface area contributed by atoms with Crippen LogP contribution in [0.2, 0.25) is 0 Å². The van der Waals surface area contributed by atoms with Gasteiger partial charge in [-0.25, -0.2) is 4.98 Å². The largest absolute Gasteiger partial charge is 0.364 e. The van der Waals surface area contributed by atoms with Crippen LogP contribution in [-0.2, 0) is 6.54 Å². The molecule has 2 aromatic heterocycles. The Balaban J connectivity index is 1.86. The molecule has 0 saturated carbocycles. The maximum absolute atomic E-state index is 4.67. The van der Waals surface area contributed by atoms with E-state index in [4.69, 9.17) is 0 Å². The molecule has 0 spiro atoms. The van der Waals surface area contributed by atoms with Gasteiger partial charge < -0.3 is 10.6 Å². The Morgan fingerprint density at radius 1 is 1.00 bits per heavy atom. The van der Waals surface area contributed by atoms with E-state index in [1.807, 2.05) is 42.5 Å². The highest BCUT2D eigenvalue weighted by Gasteiger charge is 2.09. The Labute approximate surface area is 148 Å². The molecule has 0 saturated heterocycles. The van der Waals surface area contributed by atoms with Gasteiger partial charge in [0.25, 0.3) is 0 Å². The molecule has 0 unspecified atom stereocenters. The van der Waals surface area contributed by atoms with Crippen molar-refractivity contribution in [1.82, 2.24) is 15.0 Å². The van der Waals surface area contributed by atoms with Crippen molar-refractivity contribution in [3.8, 4) is 11.3 Å². The number of hydrogen-bond donors (Lipinski definition) is 2. The molecule has 25 heavy (non-hydrogen) atoms. The van der Waals surface area contributed by atoms with Crippen molar-refractivity contribution in [3.05, 3.63) is 66.5 Å². The van der Waals surface area contributed by atoms with Gasteiger partial charge in [-0.1, -0.05) is 43.3 Å². The first kappa shape index (κ1) is 16.9. The van der Waals surface area contributed by atoms with E-state index >= 15 is 0 Å². The number of anilines is 2. The monoisotopic (exact) mass is 333 g/mol. The van der Waals surface area contributed by atoms with Gasteiger partial charge in [0.1, 0.15) is 5.82 Å². The Morgan fingerprint density at radius 2 is 1.80 bits per heavy atom. The average molecular weight is 333 g/mol. The zero-order valence-corrected chi connectivity index (χ0v) is 14.6. The summed E-state index contributed by atoms with van der Waals surface area (Å²) in [5, 5.41) is 6.71. The molecule has 5 heteroatoms. The topological polar surface area (TPSA) is 62.7 Å². The van der Waals surface area contributed by atoms with Gasteiger partial charge in [0, 0.05) is 23.9 Å². The zero-order chi connectivity index (χ0) is 17.5. The standard InChI is InChI=1S/C20H23N5/c1-3-15(2)23-20-24-18(16-9-5-4-6-10-16)13-19(25-20)22-14-17-11-7-8-12-21-17/h4-13,15H,3,14H2,1-2H3,(H2,22,23,24,25)/t15-/m1/s1. The maximum Gasteiger partial charge on any atom is 0.225 e. The summed E-state index contributed by atoms with van der Waals surface area (Å²) in [7, 11) is 0. The molecule has 0 radical (unpaired) electrons. The minimum Gasteiger partial charge on any atom is -0.364 e. The van der Waals surface area contributed by atoms with Crippen molar-refractivity contribution in [2.45, 2.75) is 32.9 Å².